The van der Waals surface area contributed by atoms with Crippen molar-refractivity contribution in [1.29, 1.82) is 0 Å². The highest BCUT2D eigenvalue weighted by atomic mass is 32.2. The molecule has 0 aliphatic carbocycles. The van der Waals surface area contributed by atoms with Crippen LogP contribution >= 0.6 is 0 Å². The maximum Gasteiger partial charge on any atom is 0.262 e. The zero-order chi connectivity index (χ0) is 18.7. The number of rotatable bonds is 5. The zero-order valence-electron chi connectivity index (χ0n) is 14.2. The average Bonchev–Trinajstić information content (AvgIpc) is 3.16. The van der Waals surface area contributed by atoms with Gasteiger partial charge >= 0.3 is 0 Å². The van der Waals surface area contributed by atoms with E-state index in [9.17, 15) is 17.6 Å². The molecule has 0 aromatic heterocycles. The van der Waals surface area contributed by atoms with Gasteiger partial charge in [0, 0.05) is 13.1 Å². The van der Waals surface area contributed by atoms with Gasteiger partial charge in [-0.05, 0) is 43.2 Å². The second-order valence-electron chi connectivity index (χ2n) is 5.95. The number of amides is 1. The number of likely N-dealkylation sites (tertiary alicyclic amines) is 1. The van der Waals surface area contributed by atoms with Crippen LogP contribution in [-0.4, -0.2) is 39.4 Å². The number of nitrogens with one attached hydrogen (secondary N) is 1. The van der Waals surface area contributed by atoms with Gasteiger partial charge in [-0.3, -0.25) is 9.52 Å². The largest absolute Gasteiger partial charge is 0.494 e. The summed E-state index contributed by atoms with van der Waals surface area (Å²) in [5, 5.41) is 0. The molecule has 0 saturated carbocycles. The maximum atomic E-state index is 13.9. The van der Waals surface area contributed by atoms with E-state index < -0.39 is 15.8 Å². The number of anilines is 1. The molecule has 1 aliphatic heterocycles. The Hall–Kier alpha value is -2.61. The van der Waals surface area contributed by atoms with Gasteiger partial charge in [0.25, 0.3) is 15.9 Å². The first-order chi connectivity index (χ1) is 12.4. The van der Waals surface area contributed by atoms with Crippen molar-refractivity contribution in [3.63, 3.8) is 0 Å². The fourth-order valence-corrected chi connectivity index (χ4v) is 3.96. The SMILES string of the molecule is COc1ccc(S(=O)(=O)Nc2ccccc2C(=O)N2CCCC2)cc1F. The average molecular weight is 378 g/mol. The highest BCUT2D eigenvalue weighted by Gasteiger charge is 2.24. The predicted molar refractivity (Wildman–Crippen MR) is 95.3 cm³/mol. The number of hydrogen-bond donors (Lipinski definition) is 1. The van der Waals surface area contributed by atoms with Gasteiger partial charge in [-0.25, -0.2) is 12.8 Å². The Morgan fingerprint density at radius 3 is 2.50 bits per heavy atom. The molecule has 1 fully saturated rings. The Morgan fingerprint density at radius 1 is 1.15 bits per heavy atom. The molecule has 1 saturated heterocycles. The molecular weight excluding hydrogens is 359 g/mol. The maximum absolute atomic E-state index is 13.9. The summed E-state index contributed by atoms with van der Waals surface area (Å²) in [4.78, 5) is 14.1. The van der Waals surface area contributed by atoms with Crippen LogP contribution in [-0.2, 0) is 10.0 Å². The molecule has 1 N–H and O–H groups in total. The molecule has 0 radical (unpaired) electrons. The van der Waals surface area contributed by atoms with Gasteiger partial charge in [0.2, 0.25) is 0 Å². The third-order valence-electron chi connectivity index (χ3n) is 4.23. The first-order valence-corrected chi connectivity index (χ1v) is 9.65. The summed E-state index contributed by atoms with van der Waals surface area (Å²) >= 11 is 0. The Bertz CT molecular complexity index is 925. The second kappa shape index (κ2) is 7.33. The lowest BCUT2D eigenvalue weighted by Gasteiger charge is -2.18. The number of carbonyl (C=O) groups is 1. The summed E-state index contributed by atoms with van der Waals surface area (Å²) in [6.07, 6.45) is 1.87. The zero-order valence-corrected chi connectivity index (χ0v) is 15.1. The van der Waals surface area contributed by atoms with E-state index in [0.29, 0.717) is 13.1 Å². The molecule has 2 aromatic rings. The minimum atomic E-state index is -4.06. The standard InChI is InChI=1S/C18H19FN2O4S/c1-25-17-9-8-13(12-15(17)19)26(23,24)20-16-7-3-2-6-14(16)18(22)21-10-4-5-11-21/h2-3,6-9,12,20H,4-5,10-11H2,1H3. The first-order valence-electron chi connectivity index (χ1n) is 8.17. The van der Waals surface area contributed by atoms with Crippen LogP contribution in [0.15, 0.2) is 47.4 Å². The minimum Gasteiger partial charge on any atom is -0.494 e. The van der Waals surface area contributed by atoms with E-state index in [1.165, 1.54) is 25.3 Å². The molecule has 2 aromatic carbocycles. The fourth-order valence-electron chi connectivity index (χ4n) is 2.87. The monoisotopic (exact) mass is 378 g/mol. The summed E-state index contributed by atoms with van der Waals surface area (Å²) < 4.78 is 46.3. The number of para-hydroxylation sites is 1. The Kier molecular flexibility index (Phi) is 5.13. The summed E-state index contributed by atoms with van der Waals surface area (Å²) in [6.45, 7) is 1.31. The Morgan fingerprint density at radius 2 is 1.85 bits per heavy atom. The third-order valence-corrected chi connectivity index (χ3v) is 5.59. The molecule has 3 rings (SSSR count). The molecule has 0 unspecified atom stereocenters. The molecule has 0 bridgehead atoms. The van der Waals surface area contributed by atoms with E-state index >= 15 is 0 Å². The van der Waals surface area contributed by atoms with Crippen molar-refractivity contribution in [2.45, 2.75) is 17.7 Å². The molecule has 1 amide bonds. The number of halogens is 1. The molecule has 8 heteroatoms. The molecule has 138 valence electrons. The van der Waals surface area contributed by atoms with Crippen LogP contribution in [0.1, 0.15) is 23.2 Å². The van der Waals surface area contributed by atoms with Crippen LogP contribution in [0.5, 0.6) is 5.75 Å². The Labute approximate surface area is 151 Å². The number of benzene rings is 2. The van der Waals surface area contributed by atoms with E-state index in [1.807, 2.05) is 0 Å². The quantitative estimate of drug-likeness (QED) is 0.868. The predicted octanol–water partition coefficient (Wildman–Crippen LogP) is 2.87. The molecule has 6 nitrogen and oxygen atoms in total. The van der Waals surface area contributed by atoms with Gasteiger partial charge in [0.1, 0.15) is 0 Å². The van der Waals surface area contributed by atoms with Crippen LogP contribution in [0.25, 0.3) is 0 Å². The van der Waals surface area contributed by atoms with Crippen LogP contribution in [0.2, 0.25) is 0 Å². The van der Waals surface area contributed by atoms with Gasteiger partial charge in [0.05, 0.1) is 23.3 Å². The highest BCUT2D eigenvalue weighted by molar-refractivity contribution is 7.92. The molecule has 0 atom stereocenters. The molecular formula is C18H19FN2O4S. The summed E-state index contributed by atoms with van der Waals surface area (Å²) in [5.74, 6) is -1.05. The fraction of sp³-hybridized carbons (Fsp3) is 0.278. The molecule has 0 spiro atoms. The normalized spacial score (nSPS) is 14.3. The Balaban J connectivity index is 1.90. The van der Waals surface area contributed by atoms with E-state index in [-0.39, 0.29) is 27.8 Å². The van der Waals surface area contributed by atoms with E-state index in [0.717, 1.165) is 18.9 Å². The van der Waals surface area contributed by atoms with Gasteiger partial charge in [-0.15, -0.1) is 0 Å². The number of sulfonamides is 1. The van der Waals surface area contributed by atoms with Crippen molar-refractivity contribution in [2.24, 2.45) is 0 Å². The van der Waals surface area contributed by atoms with Crippen molar-refractivity contribution < 1.29 is 22.3 Å². The van der Waals surface area contributed by atoms with Crippen LogP contribution in [0.3, 0.4) is 0 Å². The topological polar surface area (TPSA) is 75.7 Å². The van der Waals surface area contributed by atoms with Crippen molar-refractivity contribution >= 4 is 21.6 Å². The van der Waals surface area contributed by atoms with Gasteiger partial charge in [0.15, 0.2) is 11.6 Å². The van der Waals surface area contributed by atoms with E-state index in [2.05, 4.69) is 4.72 Å². The van der Waals surface area contributed by atoms with Gasteiger partial charge < -0.3 is 9.64 Å². The number of methoxy groups -OCH3 is 1. The van der Waals surface area contributed by atoms with E-state index in [1.54, 1.807) is 23.1 Å². The van der Waals surface area contributed by atoms with Gasteiger partial charge in [-0.2, -0.15) is 0 Å². The summed E-state index contributed by atoms with van der Waals surface area (Å²) in [7, 11) is -2.76. The van der Waals surface area contributed by atoms with E-state index in [4.69, 9.17) is 4.74 Å². The lowest BCUT2D eigenvalue weighted by Crippen LogP contribution is -2.28. The van der Waals surface area contributed by atoms with Gasteiger partial charge in [-0.1, -0.05) is 12.1 Å². The highest BCUT2D eigenvalue weighted by Crippen LogP contribution is 2.25. The first kappa shape index (κ1) is 18.2. The lowest BCUT2D eigenvalue weighted by molar-refractivity contribution is 0.0794. The third kappa shape index (κ3) is 3.65. The van der Waals surface area contributed by atoms with Crippen LogP contribution in [0, 0.1) is 5.82 Å². The number of ether oxygens (including phenoxy) is 1. The van der Waals surface area contributed by atoms with Crippen molar-refractivity contribution in [3.8, 4) is 5.75 Å². The number of hydrogen-bond acceptors (Lipinski definition) is 4. The number of nitrogens with zero attached hydrogens (tertiary/aromatic N) is 1. The van der Waals surface area contributed by atoms with Crippen molar-refractivity contribution in [1.82, 2.24) is 4.90 Å². The minimum absolute atomic E-state index is 0.0476. The molecule has 1 aliphatic rings. The van der Waals surface area contributed by atoms with Crippen molar-refractivity contribution in [3.05, 3.63) is 53.8 Å². The van der Waals surface area contributed by atoms with Crippen LogP contribution in [0.4, 0.5) is 10.1 Å². The van der Waals surface area contributed by atoms with Crippen LogP contribution < -0.4 is 9.46 Å². The summed E-state index contributed by atoms with van der Waals surface area (Å²) in [5.41, 5.74) is 0.438. The molecule has 26 heavy (non-hydrogen) atoms. The molecule has 1 heterocycles. The second-order valence-corrected chi connectivity index (χ2v) is 7.63. The number of carbonyl (C=O) groups excluding carboxylic acids is 1. The van der Waals surface area contributed by atoms with Crippen molar-refractivity contribution in [2.75, 3.05) is 24.9 Å². The smallest absolute Gasteiger partial charge is 0.262 e. The summed E-state index contributed by atoms with van der Waals surface area (Å²) in [6, 6.07) is 9.77. The lowest BCUT2D eigenvalue weighted by atomic mass is 10.1.